The highest BCUT2D eigenvalue weighted by molar-refractivity contribution is 6.34. The summed E-state index contributed by atoms with van der Waals surface area (Å²) in [5.41, 5.74) is 5.47. The minimum Gasteiger partial charge on any atom is -0.497 e. The Morgan fingerprint density at radius 3 is 3.00 bits per heavy atom. The molecule has 1 atom stereocenters. The molecule has 2 aliphatic rings. The third-order valence-corrected chi connectivity index (χ3v) is 5.39. The van der Waals surface area contributed by atoms with Crippen LogP contribution in [0.5, 0.6) is 5.75 Å². The van der Waals surface area contributed by atoms with Crippen LogP contribution in [0.1, 0.15) is 54.1 Å². The van der Waals surface area contributed by atoms with E-state index in [1.807, 2.05) is 24.3 Å². The number of rotatable bonds is 5. The van der Waals surface area contributed by atoms with Gasteiger partial charge in [-0.1, -0.05) is 0 Å². The molecule has 1 aromatic heterocycles. The first kappa shape index (κ1) is 17.4. The molecule has 2 heterocycles. The van der Waals surface area contributed by atoms with Gasteiger partial charge in [0.05, 0.1) is 18.4 Å². The number of aryl methyl sites for hydroxylation is 1. The third kappa shape index (κ3) is 3.35. The van der Waals surface area contributed by atoms with Gasteiger partial charge in [0.25, 0.3) is 5.91 Å². The van der Waals surface area contributed by atoms with E-state index < -0.39 is 5.97 Å². The second kappa shape index (κ2) is 6.95. The number of hydrogen-bond acceptors (Lipinski definition) is 3. The fraction of sp³-hybridized carbons (Fsp3) is 0.333. The molecule has 0 saturated carbocycles. The van der Waals surface area contributed by atoms with Crippen LogP contribution in [0.15, 0.2) is 24.3 Å². The van der Waals surface area contributed by atoms with E-state index in [2.05, 4.69) is 16.4 Å². The second-order valence-corrected chi connectivity index (χ2v) is 7.10. The molecule has 6 nitrogen and oxygen atoms in total. The van der Waals surface area contributed by atoms with Crippen LogP contribution in [0.25, 0.3) is 11.6 Å². The first-order valence-electron chi connectivity index (χ1n) is 9.20. The van der Waals surface area contributed by atoms with Crippen molar-refractivity contribution in [1.29, 1.82) is 0 Å². The van der Waals surface area contributed by atoms with Gasteiger partial charge in [0.2, 0.25) is 0 Å². The maximum absolute atomic E-state index is 12.4. The monoisotopic (exact) mass is 366 g/mol. The van der Waals surface area contributed by atoms with Crippen molar-refractivity contribution in [3.05, 3.63) is 46.8 Å². The lowest BCUT2D eigenvalue weighted by molar-refractivity contribution is -0.137. The second-order valence-electron chi connectivity index (χ2n) is 7.10. The predicted molar refractivity (Wildman–Crippen MR) is 103 cm³/mol. The van der Waals surface area contributed by atoms with Crippen LogP contribution in [0.2, 0.25) is 0 Å². The Kier molecular flexibility index (Phi) is 4.48. The molecular formula is C21H22N2O4. The molecule has 6 heteroatoms. The molecule has 0 spiro atoms. The summed E-state index contributed by atoms with van der Waals surface area (Å²) >= 11 is 0. The number of amides is 1. The fourth-order valence-corrected chi connectivity index (χ4v) is 4.06. The SMILES string of the molecule is COc1ccc2c(c1)NC(=O)/C2=C\c1cc2c([nH]1)CCCC2CCC(=O)O. The summed E-state index contributed by atoms with van der Waals surface area (Å²) in [5, 5.41) is 11.9. The van der Waals surface area contributed by atoms with Gasteiger partial charge in [-0.15, -0.1) is 0 Å². The van der Waals surface area contributed by atoms with Crippen molar-refractivity contribution in [1.82, 2.24) is 4.98 Å². The summed E-state index contributed by atoms with van der Waals surface area (Å²) in [4.78, 5) is 26.8. The number of benzene rings is 1. The Balaban J connectivity index is 1.64. The lowest BCUT2D eigenvalue weighted by Gasteiger charge is -2.21. The summed E-state index contributed by atoms with van der Waals surface area (Å²) in [6.45, 7) is 0. The van der Waals surface area contributed by atoms with Crippen LogP contribution < -0.4 is 10.1 Å². The van der Waals surface area contributed by atoms with Crippen molar-refractivity contribution in [2.45, 2.75) is 38.0 Å². The fourth-order valence-electron chi connectivity index (χ4n) is 4.06. The van der Waals surface area contributed by atoms with Crippen molar-refractivity contribution < 1.29 is 19.4 Å². The number of carbonyl (C=O) groups excluding carboxylic acids is 1. The Labute approximate surface area is 157 Å². The number of aliphatic carboxylic acids is 1. The molecule has 3 N–H and O–H groups in total. The smallest absolute Gasteiger partial charge is 0.303 e. The average Bonchev–Trinajstić information content (AvgIpc) is 3.20. The van der Waals surface area contributed by atoms with Gasteiger partial charge in [-0.05, 0) is 61.4 Å². The number of nitrogens with one attached hydrogen (secondary N) is 2. The summed E-state index contributed by atoms with van der Waals surface area (Å²) in [7, 11) is 1.60. The molecule has 1 amide bonds. The number of aromatic nitrogens is 1. The first-order chi connectivity index (χ1) is 13.0. The minimum absolute atomic E-state index is 0.131. The van der Waals surface area contributed by atoms with E-state index in [0.29, 0.717) is 17.7 Å². The maximum atomic E-state index is 12.4. The molecule has 1 aromatic carbocycles. The number of anilines is 1. The van der Waals surface area contributed by atoms with Crippen molar-refractivity contribution >= 4 is 29.2 Å². The number of ether oxygens (including phenoxy) is 1. The van der Waals surface area contributed by atoms with Gasteiger partial charge in [0.15, 0.2) is 0 Å². The average molecular weight is 366 g/mol. The quantitative estimate of drug-likeness (QED) is 0.702. The number of hydrogen-bond donors (Lipinski definition) is 3. The Bertz CT molecular complexity index is 942. The van der Waals surface area contributed by atoms with Gasteiger partial charge in [0, 0.05) is 29.4 Å². The zero-order chi connectivity index (χ0) is 19.0. The van der Waals surface area contributed by atoms with E-state index in [4.69, 9.17) is 9.84 Å². The van der Waals surface area contributed by atoms with Crippen LogP contribution in [-0.4, -0.2) is 29.1 Å². The topological polar surface area (TPSA) is 91.4 Å². The highest BCUT2D eigenvalue weighted by Gasteiger charge is 2.26. The molecule has 1 aliphatic carbocycles. The summed E-state index contributed by atoms with van der Waals surface area (Å²) in [6, 6.07) is 7.61. The number of fused-ring (bicyclic) bond motifs is 2. The number of carboxylic acid groups (broad SMARTS) is 1. The van der Waals surface area contributed by atoms with Crippen molar-refractivity contribution in [2.24, 2.45) is 0 Å². The van der Waals surface area contributed by atoms with Crippen LogP contribution >= 0.6 is 0 Å². The summed E-state index contributed by atoms with van der Waals surface area (Å²) < 4.78 is 5.22. The molecule has 27 heavy (non-hydrogen) atoms. The molecule has 2 aromatic rings. The van der Waals surface area contributed by atoms with E-state index in [1.165, 1.54) is 5.56 Å². The molecule has 140 valence electrons. The largest absolute Gasteiger partial charge is 0.497 e. The molecule has 0 saturated heterocycles. The van der Waals surface area contributed by atoms with Crippen molar-refractivity contribution in [3.63, 3.8) is 0 Å². The maximum Gasteiger partial charge on any atom is 0.303 e. The minimum atomic E-state index is -0.755. The number of methoxy groups -OCH3 is 1. The number of aromatic amines is 1. The van der Waals surface area contributed by atoms with Crippen molar-refractivity contribution in [2.75, 3.05) is 12.4 Å². The van der Waals surface area contributed by atoms with E-state index in [-0.39, 0.29) is 18.2 Å². The zero-order valence-electron chi connectivity index (χ0n) is 15.2. The van der Waals surface area contributed by atoms with Gasteiger partial charge < -0.3 is 20.1 Å². The lowest BCUT2D eigenvalue weighted by Crippen LogP contribution is -2.10. The molecule has 4 rings (SSSR count). The van der Waals surface area contributed by atoms with Gasteiger partial charge in [-0.25, -0.2) is 0 Å². The number of H-pyrrole nitrogens is 1. The number of carbonyl (C=O) groups is 2. The zero-order valence-corrected chi connectivity index (χ0v) is 15.2. The van der Waals surface area contributed by atoms with Gasteiger partial charge in [-0.2, -0.15) is 0 Å². The number of carboxylic acids is 1. The third-order valence-electron chi connectivity index (χ3n) is 5.39. The lowest BCUT2D eigenvalue weighted by atomic mass is 9.84. The van der Waals surface area contributed by atoms with E-state index in [0.717, 1.165) is 41.9 Å². The van der Waals surface area contributed by atoms with Crippen LogP contribution in [0.3, 0.4) is 0 Å². The van der Waals surface area contributed by atoms with Crippen LogP contribution in [0, 0.1) is 0 Å². The molecule has 1 aliphatic heterocycles. The van der Waals surface area contributed by atoms with E-state index in [9.17, 15) is 9.59 Å². The van der Waals surface area contributed by atoms with Crippen LogP contribution in [-0.2, 0) is 16.0 Å². The first-order valence-corrected chi connectivity index (χ1v) is 9.20. The highest BCUT2D eigenvalue weighted by Crippen LogP contribution is 2.38. The Morgan fingerprint density at radius 2 is 2.22 bits per heavy atom. The normalized spacial score (nSPS) is 19.5. The summed E-state index contributed by atoms with van der Waals surface area (Å²) in [6.07, 6.45) is 5.74. The highest BCUT2D eigenvalue weighted by atomic mass is 16.5. The molecule has 1 unspecified atom stereocenters. The van der Waals surface area contributed by atoms with E-state index in [1.54, 1.807) is 7.11 Å². The predicted octanol–water partition coefficient (Wildman–Crippen LogP) is 3.80. The Hall–Kier alpha value is -3.02. The van der Waals surface area contributed by atoms with E-state index >= 15 is 0 Å². The molecule has 0 radical (unpaired) electrons. The standard InChI is InChI=1S/C21H22N2O4/c1-27-14-6-7-15-17(21(26)23-19(15)11-14)10-13-9-16-12(5-8-20(24)25)3-2-4-18(16)22-13/h6-7,9-12,22H,2-5,8H2,1H3,(H,23,26)(H,24,25)/b17-10-. The molecule has 0 fully saturated rings. The van der Waals surface area contributed by atoms with Gasteiger partial charge >= 0.3 is 5.97 Å². The molecular weight excluding hydrogens is 344 g/mol. The Morgan fingerprint density at radius 1 is 1.37 bits per heavy atom. The van der Waals surface area contributed by atoms with Gasteiger partial charge in [0.1, 0.15) is 5.75 Å². The molecule has 0 bridgehead atoms. The van der Waals surface area contributed by atoms with Crippen LogP contribution in [0.4, 0.5) is 5.69 Å². The summed E-state index contributed by atoms with van der Waals surface area (Å²) in [5.74, 6) is 0.0806. The van der Waals surface area contributed by atoms with Crippen molar-refractivity contribution in [3.8, 4) is 5.75 Å². The van der Waals surface area contributed by atoms with Gasteiger partial charge in [-0.3, -0.25) is 9.59 Å².